The molecule has 4 heteroatoms. The van der Waals surface area contributed by atoms with Crippen LogP contribution in [0, 0.1) is 11.3 Å². The standard InChI is InChI=1S/C8H13NO3/c1-2-5-12-8(11)6-7(10)3-4-9/h7,10H,2-3,5-6H2,1H3/t7-/m1/s1. The number of rotatable bonds is 5. The van der Waals surface area contributed by atoms with Crippen LogP contribution in [0.4, 0.5) is 0 Å². The molecule has 4 nitrogen and oxygen atoms in total. The van der Waals surface area contributed by atoms with Gasteiger partial charge in [0.2, 0.25) is 0 Å². The van der Waals surface area contributed by atoms with Crippen LogP contribution >= 0.6 is 0 Å². The van der Waals surface area contributed by atoms with Crippen molar-refractivity contribution in [3.05, 3.63) is 0 Å². The quantitative estimate of drug-likeness (QED) is 0.615. The first-order valence-electron chi connectivity index (χ1n) is 3.91. The van der Waals surface area contributed by atoms with Gasteiger partial charge in [-0.15, -0.1) is 0 Å². The van der Waals surface area contributed by atoms with E-state index < -0.39 is 12.1 Å². The lowest BCUT2D eigenvalue weighted by Crippen LogP contribution is -2.15. The third-order valence-electron chi connectivity index (χ3n) is 1.20. The Kier molecular flexibility index (Phi) is 6.02. The van der Waals surface area contributed by atoms with Gasteiger partial charge in [-0.05, 0) is 6.42 Å². The molecule has 0 aromatic rings. The number of nitrogens with zero attached hydrogens (tertiary/aromatic N) is 1. The smallest absolute Gasteiger partial charge is 0.308 e. The third kappa shape index (κ3) is 5.69. The Labute approximate surface area is 71.8 Å². The van der Waals surface area contributed by atoms with E-state index in [0.29, 0.717) is 6.61 Å². The lowest BCUT2D eigenvalue weighted by molar-refractivity contribution is -0.145. The van der Waals surface area contributed by atoms with E-state index in [1.165, 1.54) is 0 Å². The molecule has 0 fully saturated rings. The van der Waals surface area contributed by atoms with Crippen LogP contribution in [-0.4, -0.2) is 23.8 Å². The number of carbonyl (C=O) groups is 1. The summed E-state index contributed by atoms with van der Waals surface area (Å²) in [7, 11) is 0. The van der Waals surface area contributed by atoms with Gasteiger partial charge in [-0.2, -0.15) is 5.26 Å². The molecule has 0 amide bonds. The van der Waals surface area contributed by atoms with E-state index in [1.54, 1.807) is 6.07 Å². The summed E-state index contributed by atoms with van der Waals surface area (Å²) in [5, 5.41) is 17.2. The van der Waals surface area contributed by atoms with E-state index >= 15 is 0 Å². The van der Waals surface area contributed by atoms with Gasteiger partial charge < -0.3 is 9.84 Å². The van der Waals surface area contributed by atoms with Crippen molar-refractivity contribution in [1.82, 2.24) is 0 Å². The van der Waals surface area contributed by atoms with Crippen LogP contribution in [-0.2, 0) is 9.53 Å². The summed E-state index contributed by atoms with van der Waals surface area (Å²) in [5.41, 5.74) is 0. The lowest BCUT2D eigenvalue weighted by atomic mass is 10.2. The van der Waals surface area contributed by atoms with E-state index in [-0.39, 0.29) is 12.8 Å². The maximum absolute atomic E-state index is 10.8. The SMILES string of the molecule is CCCOC(=O)C[C@H](O)CC#N. The molecule has 0 radical (unpaired) electrons. The number of carbonyl (C=O) groups excluding carboxylic acids is 1. The highest BCUT2D eigenvalue weighted by atomic mass is 16.5. The minimum Gasteiger partial charge on any atom is -0.466 e. The molecule has 12 heavy (non-hydrogen) atoms. The van der Waals surface area contributed by atoms with Crippen molar-refractivity contribution in [3.8, 4) is 6.07 Å². The summed E-state index contributed by atoms with van der Waals surface area (Å²) in [6.07, 6.45) is -0.242. The van der Waals surface area contributed by atoms with Crippen LogP contribution in [0.25, 0.3) is 0 Å². The molecule has 1 N–H and O–H groups in total. The first-order chi connectivity index (χ1) is 5.70. The summed E-state index contributed by atoms with van der Waals surface area (Å²) in [6.45, 7) is 2.26. The molecule has 0 aromatic heterocycles. The predicted octanol–water partition coefficient (Wildman–Crippen LogP) is 0.604. The lowest BCUT2D eigenvalue weighted by Gasteiger charge is -2.05. The van der Waals surface area contributed by atoms with Gasteiger partial charge in [-0.1, -0.05) is 6.92 Å². The van der Waals surface area contributed by atoms with Gasteiger partial charge in [0.25, 0.3) is 0 Å². The second-order valence-corrected chi connectivity index (χ2v) is 2.44. The summed E-state index contributed by atoms with van der Waals surface area (Å²) in [5.74, 6) is -0.445. The van der Waals surface area contributed by atoms with Gasteiger partial charge >= 0.3 is 5.97 Å². The zero-order valence-corrected chi connectivity index (χ0v) is 7.12. The summed E-state index contributed by atoms with van der Waals surface area (Å²) in [4.78, 5) is 10.8. The molecular formula is C8H13NO3. The minimum atomic E-state index is -0.889. The molecule has 0 aliphatic heterocycles. The van der Waals surface area contributed by atoms with Gasteiger partial charge in [0, 0.05) is 0 Å². The fraction of sp³-hybridized carbons (Fsp3) is 0.750. The number of aliphatic hydroxyl groups excluding tert-OH is 1. The number of aliphatic hydroxyl groups is 1. The fourth-order valence-corrected chi connectivity index (χ4v) is 0.645. The molecular weight excluding hydrogens is 158 g/mol. The van der Waals surface area contributed by atoms with Crippen molar-refractivity contribution in [1.29, 1.82) is 5.26 Å². The Bertz CT molecular complexity index is 174. The molecule has 0 aliphatic rings. The highest BCUT2D eigenvalue weighted by molar-refractivity contribution is 5.69. The van der Waals surface area contributed by atoms with Crippen molar-refractivity contribution in [2.75, 3.05) is 6.61 Å². The summed E-state index contributed by atoms with van der Waals surface area (Å²) in [6, 6.07) is 1.77. The topological polar surface area (TPSA) is 70.3 Å². The molecule has 0 aromatic carbocycles. The van der Waals surface area contributed by atoms with Crippen molar-refractivity contribution in [2.24, 2.45) is 0 Å². The Morgan fingerprint density at radius 2 is 2.42 bits per heavy atom. The van der Waals surface area contributed by atoms with Gasteiger partial charge in [0.1, 0.15) is 0 Å². The van der Waals surface area contributed by atoms with Crippen molar-refractivity contribution in [2.45, 2.75) is 32.3 Å². The van der Waals surface area contributed by atoms with Gasteiger partial charge in [0.05, 0.1) is 31.6 Å². The molecule has 0 aliphatic carbocycles. The van der Waals surface area contributed by atoms with E-state index in [9.17, 15) is 4.79 Å². The van der Waals surface area contributed by atoms with Crippen LogP contribution in [0.15, 0.2) is 0 Å². The maximum atomic E-state index is 10.8. The van der Waals surface area contributed by atoms with Crippen molar-refractivity contribution in [3.63, 3.8) is 0 Å². The average molecular weight is 171 g/mol. The van der Waals surface area contributed by atoms with Gasteiger partial charge in [-0.3, -0.25) is 4.79 Å². The molecule has 0 saturated carbocycles. The molecule has 0 spiro atoms. The Morgan fingerprint density at radius 1 is 1.75 bits per heavy atom. The van der Waals surface area contributed by atoms with Crippen LogP contribution in [0.2, 0.25) is 0 Å². The van der Waals surface area contributed by atoms with Crippen LogP contribution in [0.5, 0.6) is 0 Å². The number of esters is 1. The molecule has 68 valence electrons. The van der Waals surface area contributed by atoms with E-state index in [0.717, 1.165) is 6.42 Å². The van der Waals surface area contributed by atoms with E-state index in [1.807, 2.05) is 6.92 Å². The highest BCUT2D eigenvalue weighted by Crippen LogP contribution is 1.98. The minimum absolute atomic E-state index is 0.0266. The Hall–Kier alpha value is -1.08. The van der Waals surface area contributed by atoms with Crippen LogP contribution in [0.1, 0.15) is 26.2 Å². The Balaban J connectivity index is 3.48. The number of hydrogen-bond donors (Lipinski definition) is 1. The van der Waals surface area contributed by atoms with Gasteiger partial charge in [0.15, 0.2) is 0 Å². The molecule has 0 heterocycles. The van der Waals surface area contributed by atoms with Crippen molar-refractivity contribution >= 4 is 5.97 Å². The van der Waals surface area contributed by atoms with E-state index in [2.05, 4.69) is 0 Å². The van der Waals surface area contributed by atoms with E-state index in [4.69, 9.17) is 15.1 Å². The third-order valence-corrected chi connectivity index (χ3v) is 1.20. The van der Waals surface area contributed by atoms with Gasteiger partial charge in [-0.25, -0.2) is 0 Å². The van der Waals surface area contributed by atoms with Crippen molar-refractivity contribution < 1.29 is 14.6 Å². The molecule has 0 saturated heterocycles. The number of ether oxygens (including phenoxy) is 1. The largest absolute Gasteiger partial charge is 0.466 e. The first kappa shape index (κ1) is 10.9. The summed E-state index contributed by atoms with van der Waals surface area (Å²) >= 11 is 0. The average Bonchev–Trinajstić information content (AvgIpc) is 2.01. The molecule has 0 bridgehead atoms. The zero-order valence-electron chi connectivity index (χ0n) is 7.12. The fourth-order valence-electron chi connectivity index (χ4n) is 0.645. The monoisotopic (exact) mass is 171 g/mol. The summed E-state index contributed by atoms with van der Waals surface area (Å²) < 4.78 is 4.70. The van der Waals surface area contributed by atoms with Crippen LogP contribution in [0.3, 0.4) is 0 Å². The highest BCUT2D eigenvalue weighted by Gasteiger charge is 2.10. The van der Waals surface area contributed by atoms with Crippen LogP contribution < -0.4 is 0 Å². The Morgan fingerprint density at radius 3 is 2.92 bits per heavy atom. The number of hydrogen-bond acceptors (Lipinski definition) is 4. The second-order valence-electron chi connectivity index (χ2n) is 2.44. The number of nitriles is 1. The second kappa shape index (κ2) is 6.62. The maximum Gasteiger partial charge on any atom is 0.308 e. The normalized spacial score (nSPS) is 11.8. The molecule has 0 rings (SSSR count). The molecule has 1 atom stereocenters. The predicted molar refractivity (Wildman–Crippen MR) is 42.1 cm³/mol. The zero-order chi connectivity index (χ0) is 9.40. The molecule has 0 unspecified atom stereocenters. The first-order valence-corrected chi connectivity index (χ1v) is 3.91.